The molecule has 0 aliphatic carbocycles. The van der Waals surface area contributed by atoms with Crippen molar-refractivity contribution in [2.45, 2.75) is 25.5 Å². The van der Waals surface area contributed by atoms with E-state index in [-0.39, 0.29) is 23.4 Å². The van der Waals surface area contributed by atoms with Crippen LogP contribution in [0.1, 0.15) is 44.7 Å². The van der Waals surface area contributed by atoms with E-state index in [9.17, 15) is 18.0 Å². The number of amides is 1. The summed E-state index contributed by atoms with van der Waals surface area (Å²) in [5.74, 6) is -0.107. The van der Waals surface area contributed by atoms with Crippen LogP contribution in [0.2, 0.25) is 0 Å². The number of nitrogens with one attached hydrogen (secondary N) is 1. The van der Waals surface area contributed by atoms with Gasteiger partial charge in [-0.1, -0.05) is 30.3 Å². The van der Waals surface area contributed by atoms with Gasteiger partial charge < -0.3 is 4.90 Å². The predicted octanol–water partition coefficient (Wildman–Crippen LogP) is 2.92. The van der Waals surface area contributed by atoms with Crippen LogP contribution < -0.4 is 4.72 Å². The molecule has 1 atom stereocenters. The van der Waals surface area contributed by atoms with Gasteiger partial charge in [0.1, 0.15) is 0 Å². The van der Waals surface area contributed by atoms with E-state index in [0.29, 0.717) is 29.4 Å². The highest BCUT2D eigenvalue weighted by atomic mass is 32.2. The van der Waals surface area contributed by atoms with Gasteiger partial charge in [0.15, 0.2) is 5.78 Å². The van der Waals surface area contributed by atoms with E-state index in [0.717, 1.165) is 18.4 Å². The zero-order chi connectivity index (χ0) is 20.1. The first-order valence-electron chi connectivity index (χ1n) is 9.25. The maximum Gasteiger partial charge on any atom is 0.263 e. The van der Waals surface area contributed by atoms with Crippen LogP contribution in [0, 0.1) is 5.92 Å². The molecule has 0 bridgehead atoms. The van der Waals surface area contributed by atoms with Crippen LogP contribution in [0.15, 0.2) is 42.5 Å². The first-order chi connectivity index (χ1) is 13.3. The summed E-state index contributed by atoms with van der Waals surface area (Å²) < 4.78 is 27.3. The van der Waals surface area contributed by atoms with Gasteiger partial charge in [0.05, 0.1) is 15.5 Å². The van der Waals surface area contributed by atoms with Crippen LogP contribution in [-0.2, 0) is 15.8 Å². The van der Waals surface area contributed by atoms with Crippen LogP contribution in [0.3, 0.4) is 0 Å². The van der Waals surface area contributed by atoms with E-state index in [1.54, 1.807) is 29.2 Å². The fraction of sp³-hybridized carbons (Fsp3) is 0.400. The van der Waals surface area contributed by atoms with Crippen molar-refractivity contribution < 1.29 is 18.0 Å². The number of Topliss-reactive ketones (excluding diaryl/α,β-unsaturated/α-hetero) is 1. The Balaban J connectivity index is 1.55. The number of hydrogen-bond acceptors (Lipinski definition) is 5. The van der Waals surface area contributed by atoms with Gasteiger partial charge in [-0.05, 0) is 43.4 Å². The quantitative estimate of drug-likeness (QED) is 0.698. The topological polar surface area (TPSA) is 83.6 Å². The monoisotopic (exact) mass is 420 g/mol. The smallest absolute Gasteiger partial charge is 0.263 e. The average molecular weight is 421 g/mol. The van der Waals surface area contributed by atoms with Gasteiger partial charge in [-0.15, -0.1) is 11.3 Å². The Hall–Kier alpha value is -2.03. The highest BCUT2D eigenvalue weighted by molar-refractivity contribution is 7.88. The second-order valence-electron chi connectivity index (χ2n) is 7.07. The number of ketones is 1. The summed E-state index contributed by atoms with van der Waals surface area (Å²) in [6.45, 7) is 2.97. The number of carbonyl (C=O) groups is 2. The van der Waals surface area contributed by atoms with E-state index in [1.165, 1.54) is 18.3 Å². The molecule has 0 spiro atoms. The number of sulfonamides is 1. The first-order valence-corrected chi connectivity index (χ1v) is 11.7. The van der Waals surface area contributed by atoms with Crippen molar-refractivity contribution in [2.24, 2.45) is 5.92 Å². The molecular formula is C20H24N2O4S2. The second kappa shape index (κ2) is 8.98. The number of hydrogen-bond donors (Lipinski definition) is 1. The fourth-order valence-electron chi connectivity index (χ4n) is 3.30. The summed E-state index contributed by atoms with van der Waals surface area (Å²) in [5, 5.41) is 0. The number of likely N-dealkylation sites (tertiary alicyclic amines) is 1. The lowest BCUT2D eigenvalue weighted by Gasteiger charge is -2.32. The molecule has 1 aliphatic heterocycles. The van der Waals surface area contributed by atoms with Gasteiger partial charge in [0.25, 0.3) is 5.91 Å². The Bertz CT molecular complexity index is 938. The van der Waals surface area contributed by atoms with E-state index in [1.807, 2.05) is 18.2 Å². The lowest BCUT2D eigenvalue weighted by Crippen LogP contribution is -2.43. The molecule has 1 aliphatic rings. The third-order valence-corrected chi connectivity index (χ3v) is 7.26. The van der Waals surface area contributed by atoms with Crippen molar-refractivity contribution in [1.29, 1.82) is 0 Å². The van der Waals surface area contributed by atoms with Crippen molar-refractivity contribution >= 4 is 33.1 Å². The number of thiophene rings is 1. The summed E-state index contributed by atoms with van der Waals surface area (Å²) in [6.07, 6.45) is 1.71. The minimum absolute atomic E-state index is 0.0478. The molecule has 1 N–H and O–H groups in total. The zero-order valence-corrected chi connectivity index (χ0v) is 17.4. The first kappa shape index (κ1) is 20.7. The number of benzene rings is 1. The largest absolute Gasteiger partial charge is 0.338 e. The molecule has 3 rings (SSSR count). The SMILES string of the molecule is CC(=O)c1ccc(C(=O)N2CCC[C@H](CNS(=O)(=O)Cc3ccccc3)C2)s1. The summed E-state index contributed by atoms with van der Waals surface area (Å²) >= 11 is 1.21. The second-order valence-corrected chi connectivity index (χ2v) is 9.96. The van der Waals surface area contributed by atoms with Crippen molar-refractivity contribution in [1.82, 2.24) is 9.62 Å². The lowest BCUT2D eigenvalue weighted by atomic mass is 9.98. The molecule has 6 nitrogen and oxygen atoms in total. The molecule has 1 aromatic heterocycles. The molecule has 1 saturated heterocycles. The molecule has 2 aromatic rings. The maximum atomic E-state index is 12.7. The Labute approximate surface area is 169 Å². The molecule has 1 fully saturated rings. The average Bonchev–Trinajstić information content (AvgIpc) is 3.17. The Morgan fingerprint density at radius 2 is 1.86 bits per heavy atom. The van der Waals surface area contributed by atoms with Crippen LogP contribution in [-0.4, -0.2) is 44.6 Å². The van der Waals surface area contributed by atoms with E-state index < -0.39 is 10.0 Å². The summed E-state index contributed by atoms with van der Waals surface area (Å²) in [7, 11) is -3.42. The highest BCUT2D eigenvalue weighted by Gasteiger charge is 2.26. The number of carbonyl (C=O) groups excluding carboxylic acids is 2. The van der Waals surface area contributed by atoms with Gasteiger partial charge in [0, 0.05) is 19.6 Å². The molecule has 1 aromatic carbocycles. The predicted molar refractivity (Wildman–Crippen MR) is 110 cm³/mol. The van der Waals surface area contributed by atoms with Crippen LogP contribution in [0.4, 0.5) is 0 Å². The van der Waals surface area contributed by atoms with Crippen molar-refractivity contribution in [3.63, 3.8) is 0 Å². The van der Waals surface area contributed by atoms with Gasteiger partial charge in [-0.2, -0.15) is 0 Å². The maximum absolute atomic E-state index is 12.7. The number of rotatable bonds is 7. The molecule has 0 unspecified atom stereocenters. The van der Waals surface area contributed by atoms with Gasteiger partial charge in [-0.25, -0.2) is 13.1 Å². The minimum atomic E-state index is -3.42. The molecule has 150 valence electrons. The molecular weight excluding hydrogens is 396 g/mol. The Morgan fingerprint density at radius 1 is 1.14 bits per heavy atom. The van der Waals surface area contributed by atoms with Gasteiger partial charge in [0.2, 0.25) is 10.0 Å². The molecule has 2 heterocycles. The number of piperidine rings is 1. The molecule has 0 radical (unpaired) electrons. The zero-order valence-electron chi connectivity index (χ0n) is 15.8. The molecule has 0 saturated carbocycles. The molecule has 28 heavy (non-hydrogen) atoms. The fourth-order valence-corrected chi connectivity index (χ4v) is 5.40. The molecule has 8 heteroatoms. The number of nitrogens with zero attached hydrogens (tertiary/aromatic N) is 1. The van der Waals surface area contributed by atoms with Crippen LogP contribution in [0.25, 0.3) is 0 Å². The standard InChI is InChI=1S/C20H24N2O4S2/c1-15(23)18-9-10-19(27-18)20(24)22-11-5-8-17(13-22)12-21-28(25,26)14-16-6-3-2-4-7-16/h2-4,6-7,9-10,17,21H,5,8,11-14H2,1H3/t17-/m1/s1. The van der Waals surface area contributed by atoms with Crippen molar-refractivity contribution in [2.75, 3.05) is 19.6 Å². The van der Waals surface area contributed by atoms with E-state index in [4.69, 9.17) is 0 Å². The third kappa shape index (κ3) is 5.50. The third-order valence-electron chi connectivity index (χ3n) is 4.76. The normalized spacial score (nSPS) is 17.5. The summed E-state index contributed by atoms with van der Waals surface area (Å²) in [5.41, 5.74) is 0.745. The Kier molecular flexibility index (Phi) is 6.64. The van der Waals surface area contributed by atoms with E-state index in [2.05, 4.69) is 4.72 Å². The highest BCUT2D eigenvalue weighted by Crippen LogP contribution is 2.23. The minimum Gasteiger partial charge on any atom is -0.338 e. The summed E-state index contributed by atoms with van der Waals surface area (Å²) in [6, 6.07) is 12.4. The van der Waals surface area contributed by atoms with Gasteiger partial charge >= 0.3 is 0 Å². The van der Waals surface area contributed by atoms with Gasteiger partial charge in [-0.3, -0.25) is 9.59 Å². The van der Waals surface area contributed by atoms with Crippen molar-refractivity contribution in [3.8, 4) is 0 Å². The molecule has 1 amide bonds. The van der Waals surface area contributed by atoms with Crippen LogP contribution in [0.5, 0.6) is 0 Å². The lowest BCUT2D eigenvalue weighted by molar-refractivity contribution is 0.0681. The van der Waals surface area contributed by atoms with E-state index >= 15 is 0 Å². The van der Waals surface area contributed by atoms with Crippen LogP contribution >= 0.6 is 11.3 Å². The Morgan fingerprint density at radius 3 is 2.54 bits per heavy atom. The van der Waals surface area contributed by atoms with Crippen molar-refractivity contribution in [3.05, 3.63) is 57.8 Å². The summed E-state index contributed by atoms with van der Waals surface area (Å²) in [4.78, 5) is 27.0.